The van der Waals surface area contributed by atoms with Crippen molar-refractivity contribution in [3.05, 3.63) is 41.7 Å². The van der Waals surface area contributed by atoms with Gasteiger partial charge in [-0.2, -0.15) is 5.10 Å². The fourth-order valence-corrected chi connectivity index (χ4v) is 3.14. The van der Waals surface area contributed by atoms with E-state index in [1.807, 2.05) is 23.7 Å². The SMILES string of the molecule is CC(C)N1CCCn2nc(C(=O)N(C)[C@H](C)c3ccncn3)cc2C1. The van der Waals surface area contributed by atoms with E-state index in [0.29, 0.717) is 11.7 Å². The van der Waals surface area contributed by atoms with Gasteiger partial charge in [-0.1, -0.05) is 0 Å². The normalized spacial score (nSPS) is 16.4. The largest absolute Gasteiger partial charge is 0.332 e. The van der Waals surface area contributed by atoms with Crippen LogP contribution in [0.25, 0.3) is 0 Å². The Kier molecular flexibility index (Phi) is 5.13. The molecule has 2 aromatic rings. The minimum absolute atomic E-state index is 0.0808. The van der Waals surface area contributed by atoms with Crippen LogP contribution < -0.4 is 0 Å². The summed E-state index contributed by atoms with van der Waals surface area (Å²) < 4.78 is 1.98. The molecule has 1 aliphatic rings. The zero-order valence-electron chi connectivity index (χ0n) is 15.4. The van der Waals surface area contributed by atoms with E-state index in [0.717, 1.165) is 37.4 Å². The van der Waals surface area contributed by atoms with Crippen molar-refractivity contribution in [3.8, 4) is 0 Å². The highest BCUT2D eigenvalue weighted by Gasteiger charge is 2.25. The van der Waals surface area contributed by atoms with Crippen LogP contribution >= 0.6 is 0 Å². The zero-order chi connectivity index (χ0) is 18.0. The third-order valence-electron chi connectivity index (χ3n) is 4.93. The fourth-order valence-electron chi connectivity index (χ4n) is 3.14. The monoisotopic (exact) mass is 342 g/mol. The van der Waals surface area contributed by atoms with Crippen LogP contribution in [0.15, 0.2) is 24.7 Å². The molecule has 2 aromatic heterocycles. The number of rotatable bonds is 4. The van der Waals surface area contributed by atoms with Crippen molar-refractivity contribution in [1.82, 2.24) is 29.5 Å². The number of nitrogens with zero attached hydrogens (tertiary/aromatic N) is 6. The molecular weight excluding hydrogens is 316 g/mol. The Morgan fingerprint density at radius 2 is 2.08 bits per heavy atom. The summed E-state index contributed by atoms with van der Waals surface area (Å²) in [7, 11) is 1.79. The van der Waals surface area contributed by atoms with Gasteiger partial charge >= 0.3 is 0 Å². The summed E-state index contributed by atoms with van der Waals surface area (Å²) in [4.78, 5) is 25.2. The molecule has 1 amide bonds. The van der Waals surface area contributed by atoms with Crippen molar-refractivity contribution in [2.24, 2.45) is 0 Å². The Morgan fingerprint density at radius 1 is 1.28 bits per heavy atom. The number of carbonyl (C=O) groups is 1. The Bertz CT molecular complexity index is 726. The summed E-state index contributed by atoms with van der Waals surface area (Å²) in [6.07, 6.45) is 4.24. The van der Waals surface area contributed by atoms with Gasteiger partial charge in [-0.05, 0) is 39.3 Å². The van der Waals surface area contributed by atoms with Crippen LogP contribution in [0, 0.1) is 0 Å². The summed E-state index contributed by atoms with van der Waals surface area (Å²) >= 11 is 0. The molecule has 0 spiro atoms. The summed E-state index contributed by atoms with van der Waals surface area (Å²) in [6.45, 7) is 9.13. The number of amides is 1. The van der Waals surface area contributed by atoms with E-state index in [4.69, 9.17) is 0 Å². The maximum absolute atomic E-state index is 12.9. The molecule has 0 aromatic carbocycles. The maximum Gasteiger partial charge on any atom is 0.274 e. The standard InChI is InChI=1S/C18H26N6O/c1-13(2)23-8-5-9-24-15(11-23)10-17(21-24)18(25)22(4)14(3)16-6-7-19-12-20-16/h6-7,10,12-14H,5,8-9,11H2,1-4H3/t14-/m1/s1. The van der Waals surface area contributed by atoms with Gasteiger partial charge in [-0.25, -0.2) is 9.97 Å². The molecule has 0 saturated heterocycles. The van der Waals surface area contributed by atoms with Crippen LogP contribution in [0.2, 0.25) is 0 Å². The van der Waals surface area contributed by atoms with Crippen molar-refractivity contribution < 1.29 is 4.79 Å². The van der Waals surface area contributed by atoms with Crippen molar-refractivity contribution >= 4 is 5.91 Å². The van der Waals surface area contributed by atoms with E-state index < -0.39 is 0 Å². The van der Waals surface area contributed by atoms with Gasteiger partial charge in [0, 0.05) is 38.9 Å². The molecule has 1 aliphatic heterocycles. The molecule has 0 unspecified atom stereocenters. The molecule has 134 valence electrons. The van der Waals surface area contributed by atoms with Gasteiger partial charge in [0.2, 0.25) is 0 Å². The smallest absolute Gasteiger partial charge is 0.274 e. The maximum atomic E-state index is 12.9. The first-order valence-electron chi connectivity index (χ1n) is 8.81. The predicted molar refractivity (Wildman–Crippen MR) is 94.9 cm³/mol. The highest BCUT2D eigenvalue weighted by atomic mass is 16.2. The minimum atomic E-state index is -0.135. The van der Waals surface area contributed by atoms with Crippen LogP contribution in [0.3, 0.4) is 0 Å². The van der Waals surface area contributed by atoms with Crippen LogP contribution in [-0.2, 0) is 13.1 Å². The number of fused-ring (bicyclic) bond motifs is 1. The molecule has 0 saturated carbocycles. The molecular formula is C18H26N6O. The van der Waals surface area contributed by atoms with Crippen molar-refractivity contribution in [3.63, 3.8) is 0 Å². The summed E-state index contributed by atoms with van der Waals surface area (Å²) in [6, 6.07) is 4.12. The lowest BCUT2D eigenvalue weighted by Crippen LogP contribution is -2.31. The first kappa shape index (κ1) is 17.5. The summed E-state index contributed by atoms with van der Waals surface area (Å²) in [5.41, 5.74) is 2.43. The highest BCUT2D eigenvalue weighted by Crippen LogP contribution is 2.20. The average Bonchev–Trinajstić information content (AvgIpc) is 2.91. The number of aryl methyl sites for hydroxylation is 1. The van der Waals surface area contributed by atoms with Crippen LogP contribution in [-0.4, -0.2) is 55.1 Å². The molecule has 0 N–H and O–H groups in total. The predicted octanol–water partition coefficient (Wildman–Crippen LogP) is 2.12. The van der Waals surface area contributed by atoms with Gasteiger partial charge in [0.25, 0.3) is 5.91 Å². The van der Waals surface area contributed by atoms with Gasteiger partial charge < -0.3 is 4.90 Å². The van der Waals surface area contributed by atoms with Crippen LogP contribution in [0.5, 0.6) is 0 Å². The fraction of sp³-hybridized carbons (Fsp3) is 0.556. The Balaban J connectivity index is 1.78. The van der Waals surface area contributed by atoms with E-state index in [-0.39, 0.29) is 11.9 Å². The lowest BCUT2D eigenvalue weighted by atomic mass is 10.2. The molecule has 7 nitrogen and oxygen atoms in total. The van der Waals surface area contributed by atoms with E-state index >= 15 is 0 Å². The Hall–Kier alpha value is -2.28. The molecule has 0 aliphatic carbocycles. The number of hydrogen-bond donors (Lipinski definition) is 0. The van der Waals surface area contributed by atoms with Crippen LogP contribution in [0.1, 0.15) is 55.1 Å². The topological polar surface area (TPSA) is 67.2 Å². The lowest BCUT2D eigenvalue weighted by Gasteiger charge is -2.24. The first-order valence-corrected chi connectivity index (χ1v) is 8.81. The first-order chi connectivity index (χ1) is 12.0. The molecule has 0 bridgehead atoms. The Morgan fingerprint density at radius 3 is 2.76 bits per heavy atom. The summed E-state index contributed by atoms with van der Waals surface area (Å²) in [5.74, 6) is -0.0808. The number of hydrogen-bond acceptors (Lipinski definition) is 5. The van der Waals surface area contributed by atoms with Gasteiger partial charge in [-0.15, -0.1) is 0 Å². The van der Waals surface area contributed by atoms with Crippen LogP contribution in [0.4, 0.5) is 0 Å². The second kappa shape index (κ2) is 7.31. The quantitative estimate of drug-likeness (QED) is 0.851. The number of carbonyl (C=O) groups excluding carboxylic acids is 1. The van der Waals surface area contributed by atoms with Crippen molar-refractivity contribution in [1.29, 1.82) is 0 Å². The highest BCUT2D eigenvalue weighted by molar-refractivity contribution is 5.92. The van der Waals surface area contributed by atoms with E-state index in [1.165, 1.54) is 6.33 Å². The van der Waals surface area contributed by atoms with Gasteiger partial charge in [0.1, 0.15) is 6.33 Å². The summed E-state index contributed by atoms with van der Waals surface area (Å²) in [5, 5.41) is 4.57. The second-order valence-corrected chi connectivity index (χ2v) is 6.89. The van der Waals surface area contributed by atoms with E-state index in [2.05, 4.69) is 33.8 Å². The zero-order valence-corrected chi connectivity index (χ0v) is 15.4. The Labute approximate surface area is 148 Å². The lowest BCUT2D eigenvalue weighted by molar-refractivity contribution is 0.0732. The molecule has 0 fully saturated rings. The van der Waals surface area contributed by atoms with Crippen molar-refractivity contribution in [2.75, 3.05) is 13.6 Å². The molecule has 7 heteroatoms. The third kappa shape index (κ3) is 3.71. The third-order valence-corrected chi connectivity index (χ3v) is 4.93. The molecule has 1 atom stereocenters. The van der Waals surface area contributed by atoms with Gasteiger partial charge in [0.15, 0.2) is 5.69 Å². The molecule has 3 rings (SSSR count). The van der Waals surface area contributed by atoms with Crippen molar-refractivity contribution in [2.45, 2.75) is 52.4 Å². The number of aromatic nitrogens is 4. The average molecular weight is 342 g/mol. The molecule has 3 heterocycles. The molecule has 25 heavy (non-hydrogen) atoms. The van der Waals surface area contributed by atoms with E-state index in [9.17, 15) is 4.79 Å². The van der Waals surface area contributed by atoms with E-state index in [1.54, 1.807) is 18.1 Å². The van der Waals surface area contributed by atoms with Gasteiger partial charge in [-0.3, -0.25) is 14.4 Å². The van der Waals surface area contributed by atoms with Gasteiger partial charge in [0.05, 0.1) is 17.4 Å². The second-order valence-electron chi connectivity index (χ2n) is 6.89. The molecule has 0 radical (unpaired) electrons. The minimum Gasteiger partial charge on any atom is -0.332 e.